The summed E-state index contributed by atoms with van der Waals surface area (Å²) >= 11 is 0. The second-order valence-corrected chi connectivity index (χ2v) is 5.41. The molecule has 0 spiro atoms. The van der Waals surface area contributed by atoms with Gasteiger partial charge in [0.05, 0.1) is 11.3 Å². The Morgan fingerprint density at radius 1 is 1.14 bits per heavy atom. The van der Waals surface area contributed by atoms with Gasteiger partial charge in [-0.15, -0.1) is 0 Å². The first kappa shape index (κ1) is 15.5. The highest BCUT2D eigenvalue weighted by Gasteiger charge is 2.16. The number of hydrogen-bond acceptors (Lipinski definition) is 4. The first-order valence-electron chi connectivity index (χ1n) is 7.69. The van der Waals surface area contributed by atoms with Gasteiger partial charge in [-0.3, -0.25) is 4.68 Å². The Morgan fingerprint density at radius 3 is 2.48 bits per heavy atom. The van der Waals surface area contributed by atoms with Crippen LogP contribution >= 0.6 is 0 Å². The van der Waals surface area contributed by atoms with Gasteiger partial charge in [-0.2, -0.15) is 5.10 Å². The van der Waals surface area contributed by atoms with Gasteiger partial charge >= 0.3 is 0 Å². The van der Waals surface area contributed by atoms with Crippen molar-refractivity contribution in [3.05, 3.63) is 23.1 Å². The molecule has 0 aliphatic rings. The Labute approximate surface area is 126 Å². The first-order valence-corrected chi connectivity index (χ1v) is 7.69. The van der Waals surface area contributed by atoms with Crippen LogP contribution in [0.2, 0.25) is 0 Å². The summed E-state index contributed by atoms with van der Waals surface area (Å²) in [4.78, 5) is 9.41. The van der Waals surface area contributed by atoms with E-state index in [0.29, 0.717) is 0 Å². The molecule has 0 unspecified atom stereocenters. The highest BCUT2D eigenvalue weighted by atomic mass is 15.3. The van der Waals surface area contributed by atoms with E-state index in [-0.39, 0.29) is 0 Å². The van der Waals surface area contributed by atoms with Crippen LogP contribution < -0.4 is 5.32 Å². The van der Waals surface area contributed by atoms with E-state index < -0.39 is 0 Å². The molecule has 0 aromatic carbocycles. The largest absolute Gasteiger partial charge is 0.370 e. The van der Waals surface area contributed by atoms with Crippen LogP contribution in [0, 0.1) is 13.8 Å². The summed E-state index contributed by atoms with van der Waals surface area (Å²) in [5, 5.41) is 7.84. The summed E-state index contributed by atoms with van der Waals surface area (Å²) in [5.41, 5.74) is 4.21. The summed E-state index contributed by atoms with van der Waals surface area (Å²) in [5.74, 6) is 1.69. The Kier molecular flexibility index (Phi) is 4.94. The molecular formula is C16H25N5. The highest BCUT2D eigenvalue weighted by molar-refractivity contribution is 5.63. The van der Waals surface area contributed by atoms with E-state index in [1.54, 1.807) is 0 Å². The van der Waals surface area contributed by atoms with E-state index in [9.17, 15) is 0 Å². The summed E-state index contributed by atoms with van der Waals surface area (Å²) in [6.07, 6.45) is 3.12. The van der Waals surface area contributed by atoms with Crippen LogP contribution in [-0.4, -0.2) is 26.3 Å². The molecule has 0 aliphatic heterocycles. The van der Waals surface area contributed by atoms with Crippen molar-refractivity contribution in [2.24, 2.45) is 7.05 Å². The van der Waals surface area contributed by atoms with Gasteiger partial charge in [-0.05, 0) is 26.7 Å². The Balaban J connectivity index is 2.48. The molecule has 2 aromatic heterocycles. The van der Waals surface area contributed by atoms with E-state index >= 15 is 0 Å². The molecule has 5 heteroatoms. The van der Waals surface area contributed by atoms with Crippen LogP contribution in [0.1, 0.15) is 43.8 Å². The quantitative estimate of drug-likeness (QED) is 0.886. The summed E-state index contributed by atoms with van der Waals surface area (Å²) in [7, 11) is 1.96. The van der Waals surface area contributed by atoms with Crippen molar-refractivity contribution in [1.29, 1.82) is 0 Å². The topological polar surface area (TPSA) is 55.6 Å². The van der Waals surface area contributed by atoms with E-state index in [2.05, 4.69) is 42.2 Å². The fourth-order valence-electron chi connectivity index (χ4n) is 2.43. The highest BCUT2D eigenvalue weighted by Crippen LogP contribution is 2.25. The predicted molar refractivity (Wildman–Crippen MR) is 86.5 cm³/mol. The van der Waals surface area contributed by atoms with Gasteiger partial charge in [-0.25, -0.2) is 9.97 Å². The number of hydrogen-bond donors (Lipinski definition) is 1. The Hall–Kier alpha value is -1.91. The molecule has 114 valence electrons. The molecule has 2 aromatic rings. The molecule has 2 heterocycles. The number of anilines is 1. The fraction of sp³-hybridized carbons (Fsp3) is 0.562. The summed E-state index contributed by atoms with van der Waals surface area (Å²) in [6, 6.07) is 2.06. The second kappa shape index (κ2) is 6.70. The number of nitrogens with zero attached hydrogens (tertiary/aromatic N) is 4. The maximum atomic E-state index is 4.73. The lowest BCUT2D eigenvalue weighted by molar-refractivity contribution is 0.731. The van der Waals surface area contributed by atoms with Gasteiger partial charge < -0.3 is 5.32 Å². The van der Waals surface area contributed by atoms with E-state index in [1.807, 2.05) is 18.7 Å². The minimum absolute atomic E-state index is 0.780. The number of aromatic nitrogens is 4. The third kappa shape index (κ3) is 3.40. The normalized spacial score (nSPS) is 10.9. The van der Waals surface area contributed by atoms with Crippen molar-refractivity contribution < 1.29 is 0 Å². The molecular weight excluding hydrogens is 262 g/mol. The minimum Gasteiger partial charge on any atom is -0.370 e. The molecule has 2 rings (SSSR count). The van der Waals surface area contributed by atoms with Crippen LogP contribution in [0.5, 0.6) is 0 Å². The average Bonchev–Trinajstić information content (AvgIpc) is 2.70. The zero-order chi connectivity index (χ0) is 15.4. The van der Waals surface area contributed by atoms with Gasteiger partial charge in [0.25, 0.3) is 0 Å². The molecule has 0 radical (unpaired) electrons. The van der Waals surface area contributed by atoms with Crippen LogP contribution in [-0.2, 0) is 13.5 Å². The monoisotopic (exact) mass is 287 g/mol. The molecule has 0 amide bonds. The smallest absolute Gasteiger partial charge is 0.165 e. The molecule has 0 fully saturated rings. The lowest BCUT2D eigenvalue weighted by Crippen LogP contribution is -2.06. The number of aryl methyl sites for hydroxylation is 3. The Morgan fingerprint density at radius 2 is 1.90 bits per heavy atom. The number of nitrogens with one attached hydrogen (secondary N) is 1. The minimum atomic E-state index is 0.780. The van der Waals surface area contributed by atoms with Crippen molar-refractivity contribution in [2.75, 3.05) is 11.9 Å². The number of rotatable bonds is 6. The molecule has 0 aliphatic carbocycles. The summed E-state index contributed by atoms with van der Waals surface area (Å²) in [6.45, 7) is 9.31. The van der Waals surface area contributed by atoms with Crippen molar-refractivity contribution in [3.63, 3.8) is 0 Å². The molecule has 0 atom stereocenters. The summed E-state index contributed by atoms with van der Waals surface area (Å²) < 4.78 is 1.89. The maximum Gasteiger partial charge on any atom is 0.165 e. The SMILES string of the molecule is CCCNc1cc(CCC)nc(-c2c(C)nn(C)c2C)n1. The molecule has 21 heavy (non-hydrogen) atoms. The van der Waals surface area contributed by atoms with E-state index in [4.69, 9.17) is 4.98 Å². The van der Waals surface area contributed by atoms with E-state index in [1.165, 1.54) is 0 Å². The van der Waals surface area contributed by atoms with Crippen molar-refractivity contribution in [2.45, 2.75) is 47.0 Å². The standard InChI is InChI=1S/C16H25N5/c1-6-8-13-10-14(17-9-7-2)19-16(18-13)15-11(3)20-21(5)12(15)4/h10H,6-9H2,1-5H3,(H,17,18,19). The van der Waals surface area contributed by atoms with Crippen LogP contribution in [0.25, 0.3) is 11.4 Å². The third-order valence-electron chi connectivity index (χ3n) is 3.57. The van der Waals surface area contributed by atoms with Gasteiger partial charge in [-0.1, -0.05) is 20.3 Å². The van der Waals surface area contributed by atoms with Crippen molar-refractivity contribution in [1.82, 2.24) is 19.7 Å². The molecule has 5 nitrogen and oxygen atoms in total. The van der Waals surface area contributed by atoms with Crippen molar-refractivity contribution >= 4 is 5.82 Å². The Bertz CT molecular complexity index is 615. The molecule has 0 bridgehead atoms. The van der Waals surface area contributed by atoms with Crippen molar-refractivity contribution in [3.8, 4) is 11.4 Å². The average molecular weight is 287 g/mol. The van der Waals surface area contributed by atoms with E-state index in [0.717, 1.165) is 60.1 Å². The first-order chi connectivity index (χ1) is 10.1. The lowest BCUT2D eigenvalue weighted by Gasteiger charge is -2.09. The van der Waals surface area contributed by atoms with Crippen LogP contribution in [0.15, 0.2) is 6.07 Å². The van der Waals surface area contributed by atoms with Crippen LogP contribution in [0.4, 0.5) is 5.82 Å². The van der Waals surface area contributed by atoms with Gasteiger partial charge in [0.2, 0.25) is 0 Å². The van der Waals surface area contributed by atoms with Gasteiger partial charge in [0.1, 0.15) is 5.82 Å². The van der Waals surface area contributed by atoms with Gasteiger partial charge in [0.15, 0.2) is 5.82 Å². The zero-order valence-electron chi connectivity index (χ0n) is 13.7. The van der Waals surface area contributed by atoms with Gasteiger partial charge in [0, 0.05) is 31.0 Å². The molecule has 0 saturated heterocycles. The lowest BCUT2D eigenvalue weighted by atomic mass is 10.1. The molecule has 1 N–H and O–H groups in total. The second-order valence-electron chi connectivity index (χ2n) is 5.41. The fourth-order valence-corrected chi connectivity index (χ4v) is 2.43. The molecule has 0 saturated carbocycles. The maximum absolute atomic E-state index is 4.73. The predicted octanol–water partition coefficient (Wildman–Crippen LogP) is 3.27. The third-order valence-corrected chi connectivity index (χ3v) is 3.57. The van der Waals surface area contributed by atoms with Crippen LogP contribution in [0.3, 0.4) is 0 Å². The zero-order valence-corrected chi connectivity index (χ0v) is 13.7.